The van der Waals surface area contributed by atoms with E-state index in [0.29, 0.717) is 22.5 Å². The maximum Gasteiger partial charge on any atom is 0.243 e. The van der Waals surface area contributed by atoms with Gasteiger partial charge in [0.25, 0.3) is 0 Å². The molecular formula is C21H24N4O2S. The lowest BCUT2D eigenvalue weighted by atomic mass is 9.81. The van der Waals surface area contributed by atoms with E-state index >= 15 is 0 Å². The number of carbonyl (C=O) groups is 1. The first-order valence-corrected chi connectivity index (χ1v) is 10.5. The molecule has 2 aliphatic heterocycles. The second-order valence-corrected chi connectivity index (χ2v) is 8.58. The molecule has 1 saturated carbocycles. The maximum absolute atomic E-state index is 11.3. The number of aromatic hydroxyl groups is 1. The number of benzene rings is 1. The van der Waals surface area contributed by atoms with Crippen molar-refractivity contribution in [3.8, 4) is 17.0 Å². The Morgan fingerprint density at radius 1 is 1.29 bits per heavy atom. The molecule has 2 unspecified atom stereocenters. The van der Waals surface area contributed by atoms with E-state index in [-0.39, 0.29) is 11.7 Å². The predicted molar refractivity (Wildman–Crippen MR) is 111 cm³/mol. The van der Waals surface area contributed by atoms with Crippen LogP contribution < -0.4 is 10.6 Å². The van der Waals surface area contributed by atoms with E-state index < -0.39 is 0 Å². The van der Waals surface area contributed by atoms with Crippen LogP contribution >= 0.6 is 11.8 Å². The van der Waals surface area contributed by atoms with Crippen molar-refractivity contribution in [2.75, 3.05) is 13.6 Å². The molecule has 3 atom stereocenters. The van der Waals surface area contributed by atoms with Gasteiger partial charge in [0, 0.05) is 30.0 Å². The molecule has 0 spiro atoms. The van der Waals surface area contributed by atoms with Crippen LogP contribution in [0.5, 0.6) is 5.75 Å². The number of piperidine rings is 2. The first kappa shape index (κ1) is 19.0. The van der Waals surface area contributed by atoms with Gasteiger partial charge < -0.3 is 15.7 Å². The minimum Gasteiger partial charge on any atom is -0.507 e. The number of thioether (sulfide) groups is 1. The van der Waals surface area contributed by atoms with Crippen molar-refractivity contribution in [1.29, 1.82) is 0 Å². The van der Waals surface area contributed by atoms with Gasteiger partial charge in [-0.05, 0) is 67.6 Å². The van der Waals surface area contributed by atoms with Crippen LogP contribution in [0, 0.1) is 5.92 Å². The smallest absolute Gasteiger partial charge is 0.243 e. The van der Waals surface area contributed by atoms with E-state index in [2.05, 4.69) is 20.8 Å². The second kappa shape index (κ2) is 8.32. The number of likely N-dealkylation sites (N-methyl/N-ethyl adjacent to an activating group) is 1. The normalized spacial score (nSPS) is 23.8. The monoisotopic (exact) mass is 396 g/mol. The van der Waals surface area contributed by atoms with Crippen molar-refractivity contribution in [1.82, 2.24) is 20.8 Å². The number of phenolic OH excluding ortho intramolecular Hbond substituents is 1. The zero-order chi connectivity index (χ0) is 19.5. The fourth-order valence-electron chi connectivity index (χ4n) is 3.88. The summed E-state index contributed by atoms with van der Waals surface area (Å²) in [7, 11) is 1.57. The standard InChI is InChI=1S/C21H24N4O2S/c1-22-20(27)8-3-13-2-6-16(18(26)10-13)17-7-9-21(25-24-17)28-19-11-15-5-4-14(19)12-23-15/h2-3,6-10,14-15,19,23,26H,4-5,11-12H2,1H3,(H,22,27)/b8-3+/t14?,15?,19-/m1/s1. The number of rotatable bonds is 5. The Labute approximate surface area is 168 Å². The molecular weight excluding hydrogens is 372 g/mol. The van der Waals surface area contributed by atoms with Gasteiger partial charge in [0.2, 0.25) is 5.91 Å². The quantitative estimate of drug-likeness (QED) is 0.674. The van der Waals surface area contributed by atoms with Crippen LogP contribution in [0.25, 0.3) is 17.3 Å². The van der Waals surface area contributed by atoms with Crippen LogP contribution in [0.4, 0.5) is 0 Å². The highest BCUT2D eigenvalue weighted by atomic mass is 32.2. The molecule has 1 aliphatic carbocycles. The Kier molecular flexibility index (Phi) is 5.64. The molecule has 1 aromatic carbocycles. The first-order chi connectivity index (χ1) is 13.6. The Balaban J connectivity index is 1.45. The molecule has 3 fully saturated rings. The summed E-state index contributed by atoms with van der Waals surface area (Å²) in [5.74, 6) is 0.643. The highest BCUT2D eigenvalue weighted by molar-refractivity contribution is 7.99. The Hall–Kier alpha value is -2.38. The number of hydrogen-bond acceptors (Lipinski definition) is 6. The average Bonchev–Trinajstić information content (AvgIpc) is 2.74. The topological polar surface area (TPSA) is 87.1 Å². The minimum absolute atomic E-state index is 0.115. The Morgan fingerprint density at radius 2 is 2.18 bits per heavy atom. The molecule has 1 aromatic heterocycles. The summed E-state index contributed by atoms with van der Waals surface area (Å²) in [4.78, 5) is 11.3. The molecule has 3 heterocycles. The fourth-order valence-corrected chi connectivity index (χ4v) is 5.18. The molecule has 28 heavy (non-hydrogen) atoms. The molecule has 1 amide bonds. The maximum atomic E-state index is 11.3. The zero-order valence-corrected chi connectivity index (χ0v) is 16.6. The summed E-state index contributed by atoms with van der Waals surface area (Å²) in [6.45, 7) is 1.11. The summed E-state index contributed by atoms with van der Waals surface area (Å²) >= 11 is 1.83. The SMILES string of the molecule is CNC(=O)/C=C/c1ccc(-c2ccc(S[C@@H]3CC4CCC3CN4)nn2)c(O)c1. The predicted octanol–water partition coefficient (Wildman–Crippen LogP) is 2.84. The number of nitrogens with one attached hydrogen (secondary N) is 2. The van der Waals surface area contributed by atoms with Gasteiger partial charge in [-0.15, -0.1) is 22.0 Å². The third-order valence-corrected chi connectivity index (χ3v) is 6.82. The van der Waals surface area contributed by atoms with E-state index in [1.165, 1.54) is 25.3 Å². The van der Waals surface area contributed by atoms with E-state index in [9.17, 15) is 9.90 Å². The van der Waals surface area contributed by atoms with Gasteiger partial charge in [-0.3, -0.25) is 4.79 Å². The summed E-state index contributed by atoms with van der Waals surface area (Å²) in [6.07, 6.45) is 6.87. The number of hydrogen-bond donors (Lipinski definition) is 3. The van der Waals surface area contributed by atoms with Gasteiger partial charge in [0.1, 0.15) is 10.8 Å². The van der Waals surface area contributed by atoms with Gasteiger partial charge in [-0.25, -0.2) is 0 Å². The van der Waals surface area contributed by atoms with Crippen molar-refractivity contribution >= 4 is 23.7 Å². The van der Waals surface area contributed by atoms with Crippen molar-refractivity contribution in [2.45, 2.75) is 35.6 Å². The van der Waals surface area contributed by atoms with Crippen LogP contribution in [0.15, 0.2) is 41.4 Å². The highest BCUT2D eigenvalue weighted by Gasteiger charge is 2.36. The first-order valence-electron chi connectivity index (χ1n) is 9.59. The minimum atomic E-state index is -0.190. The van der Waals surface area contributed by atoms with Crippen molar-refractivity contribution in [3.05, 3.63) is 42.0 Å². The number of amides is 1. The number of nitrogens with zero attached hydrogens (tertiary/aromatic N) is 2. The third-order valence-electron chi connectivity index (χ3n) is 5.48. The van der Waals surface area contributed by atoms with Crippen LogP contribution in [0.2, 0.25) is 0 Å². The zero-order valence-electron chi connectivity index (χ0n) is 15.8. The molecule has 2 aromatic rings. The molecule has 3 aliphatic rings. The highest BCUT2D eigenvalue weighted by Crippen LogP contribution is 2.39. The summed E-state index contributed by atoms with van der Waals surface area (Å²) < 4.78 is 0. The lowest BCUT2D eigenvalue weighted by molar-refractivity contribution is -0.115. The van der Waals surface area contributed by atoms with Gasteiger partial charge in [0.15, 0.2) is 0 Å². The molecule has 2 bridgehead atoms. The van der Waals surface area contributed by atoms with Gasteiger partial charge in [0.05, 0.1) is 5.69 Å². The van der Waals surface area contributed by atoms with Crippen LogP contribution in [-0.2, 0) is 4.79 Å². The van der Waals surface area contributed by atoms with Crippen molar-refractivity contribution in [3.63, 3.8) is 0 Å². The van der Waals surface area contributed by atoms with Crippen LogP contribution in [0.1, 0.15) is 24.8 Å². The molecule has 5 rings (SSSR count). The Bertz CT molecular complexity index is 876. The van der Waals surface area contributed by atoms with Gasteiger partial charge in [-0.1, -0.05) is 6.07 Å². The van der Waals surface area contributed by atoms with Gasteiger partial charge >= 0.3 is 0 Å². The van der Waals surface area contributed by atoms with Crippen molar-refractivity contribution < 1.29 is 9.90 Å². The summed E-state index contributed by atoms with van der Waals surface area (Å²) in [5.41, 5.74) is 2.00. The van der Waals surface area contributed by atoms with Crippen molar-refractivity contribution in [2.24, 2.45) is 5.92 Å². The number of aromatic nitrogens is 2. The van der Waals surface area contributed by atoms with Gasteiger partial charge in [-0.2, -0.15) is 0 Å². The largest absolute Gasteiger partial charge is 0.507 e. The van der Waals surface area contributed by atoms with E-state index in [4.69, 9.17) is 0 Å². The lowest BCUT2D eigenvalue weighted by Crippen LogP contribution is -2.50. The molecule has 146 valence electrons. The Morgan fingerprint density at radius 3 is 2.79 bits per heavy atom. The van der Waals surface area contributed by atoms with E-state index in [0.717, 1.165) is 23.1 Å². The third kappa shape index (κ3) is 4.20. The van der Waals surface area contributed by atoms with Crippen LogP contribution in [-0.4, -0.2) is 46.1 Å². The fraction of sp³-hybridized carbons (Fsp3) is 0.381. The lowest BCUT2D eigenvalue weighted by Gasteiger charge is -2.42. The summed E-state index contributed by atoms with van der Waals surface area (Å²) in [6, 6.07) is 9.80. The van der Waals surface area contributed by atoms with E-state index in [1.54, 1.807) is 25.3 Å². The number of carbonyl (C=O) groups excluding carboxylic acids is 1. The average molecular weight is 397 g/mol. The molecule has 3 N–H and O–H groups in total. The second-order valence-electron chi connectivity index (χ2n) is 7.32. The van der Waals surface area contributed by atoms with E-state index in [1.807, 2.05) is 30.0 Å². The number of phenols is 1. The molecule has 6 nitrogen and oxygen atoms in total. The molecule has 7 heteroatoms. The van der Waals surface area contributed by atoms with Crippen LogP contribution in [0.3, 0.4) is 0 Å². The molecule has 2 saturated heterocycles. The number of fused-ring (bicyclic) bond motifs is 3. The summed E-state index contributed by atoms with van der Waals surface area (Å²) in [5, 5.41) is 26.7. The molecule has 0 radical (unpaired) electrons.